The van der Waals surface area contributed by atoms with Crippen LogP contribution < -0.4 is 5.73 Å². The minimum absolute atomic E-state index is 0. The molecule has 4 heteroatoms. The monoisotopic (exact) mass is 217 g/mol. The van der Waals surface area contributed by atoms with Crippen molar-refractivity contribution in [2.24, 2.45) is 0 Å². The van der Waals surface area contributed by atoms with E-state index in [1.54, 1.807) is 0 Å². The first-order valence-electron chi connectivity index (χ1n) is 2.33. The predicted molar refractivity (Wildman–Crippen MR) is 29.6 cm³/mol. The number of hydrogen-bond donors (Lipinski definition) is 1. The summed E-state index contributed by atoms with van der Waals surface area (Å²) < 4.78 is 24.4. The van der Waals surface area contributed by atoms with E-state index in [2.05, 4.69) is 6.07 Å². The smallest absolute Gasteiger partial charge is 0.0400 e. The number of rotatable bonds is 0. The van der Waals surface area contributed by atoms with Gasteiger partial charge in [0.15, 0.2) is 0 Å². The molecule has 0 unspecified atom stereocenters. The Kier molecular flexibility index (Phi) is 3.98. The molecule has 1 radical (unpaired) electrons. The molecule has 0 aliphatic rings. The van der Waals surface area contributed by atoms with Crippen LogP contribution in [0, 0.1) is 17.7 Å². The molecule has 0 aliphatic carbocycles. The first kappa shape index (κ1) is 9.98. The average molecular weight is 217 g/mol. The van der Waals surface area contributed by atoms with Crippen LogP contribution in [0.25, 0.3) is 0 Å². The molecule has 10 heavy (non-hydrogen) atoms. The van der Waals surface area contributed by atoms with Crippen LogP contribution in [-0.2, 0) is 32.7 Å². The maximum absolute atomic E-state index is 12.2. The Balaban J connectivity index is 0.000000810. The van der Waals surface area contributed by atoms with Gasteiger partial charge in [0.2, 0.25) is 0 Å². The van der Waals surface area contributed by atoms with Gasteiger partial charge in [0.05, 0.1) is 0 Å². The molecule has 0 aromatic heterocycles. The molecule has 0 atom stereocenters. The van der Waals surface area contributed by atoms with E-state index in [1.165, 1.54) is 0 Å². The van der Waals surface area contributed by atoms with E-state index in [0.29, 0.717) is 0 Å². The van der Waals surface area contributed by atoms with Gasteiger partial charge in [0.1, 0.15) is 0 Å². The van der Waals surface area contributed by atoms with E-state index >= 15 is 0 Å². The van der Waals surface area contributed by atoms with Gasteiger partial charge >= 0.3 is 0 Å². The molecule has 1 aromatic rings. The van der Waals surface area contributed by atoms with Crippen LogP contribution in [-0.4, -0.2) is 0 Å². The van der Waals surface area contributed by atoms with Gasteiger partial charge in [-0.25, -0.2) is 8.78 Å². The SMILES string of the molecule is Nc1c(F)[c-]ccc1F.[Y]. The Morgan fingerprint density at radius 2 is 2.00 bits per heavy atom. The number of nitrogens with two attached hydrogens (primary N) is 1. The first-order valence-corrected chi connectivity index (χ1v) is 2.33. The molecule has 0 aliphatic heterocycles. The van der Waals surface area contributed by atoms with Crippen LogP contribution in [0.3, 0.4) is 0 Å². The topological polar surface area (TPSA) is 26.0 Å². The Morgan fingerprint density at radius 1 is 1.40 bits per heavy atom. The summed E-state index contributed by atoms with van der Waals surface area (Å²) in [6.45, 7) is 0. The maximum atomic E-state index is 12.2. The van der Waals surface area contributed by atoms with Gasteiger partial charge in [-0.05, 0) is 5.69 Å². The number of benzene rings is 1. The molecule has 0 fully saturated rings. The molecule has 0 saturated carbocycles. The van der Waals surface area contributed by atoms with Gasteiger partial charge in [0.25, 0.3) is 0 Å². The number of nitrogen functional groups attached to an aromatic ring is 1. The molecule has 0 amide bonds. The van der Waals surface area contributed by atoms with Crippen LogP contribution in [0.2, 0.25) is 0 Å². The summed E-state index contributed by atoms with van der Waals surface area (Å²) in [4.78, 5) is 0. The Labute approximate surface area is 82.5 Å². The molecule has 0 bridgehead atoms. The fraction of sp³-hybridized carbons (Fsp3) is 0. The molecule has 1 rings (SSSR count). The van der Waals surface area contributed by atoms with Crippen molar-refractivity contribution in [2.45, 2.75) is 0 Å². The van der Waals surface area contributed by atoms with Gasteiger partial charge < -0.3 is 5.73 Å². The van der Waals surface area contributed by atoms with Gasteiger partial charge in [-0.1, -0.05) is 0 Å². The summed E-state index contributed by atoms with van der Waals surface area (Å²) in [5.74, 6) is -1.58. The molecule has 0 heterocycles. The van der Waals surface area contributed by atoms with Crippen molar-refractivity contribution in [1.82, 2.24) is 0 Å². The zero-order valence-electron chi connectivity index (χ0n) is 5.07. The molecule has 1 nitrogen and oxygen atoms in total. The summed E-state index contributed by atoms with van der Waals surface area (Å²) in [6, 6.07) is 4.30. The second kappa shape index (κ2) is 3.99. The number of halogens is 2. The number of anilines is 1. The van der Waals surface area contributed by atoms with E-state index in [-0.39, 0.29) is 32.7 Å². The quantitative estimate of drug-likeness (QED) is 0.515. The number of hydrogen-bond acceptors (Lipinski definition) is 1. The molecule has 0 saturated heterocycles. The molecular formula is C6H4F2NY-. The molecule has 51 valence electrons. The van der Waals surface area contributed by atoms with Gasteiger partial charge in [-0.15, -0.1) is 12.1 Å². The van der Waals surface area contributed by atoms with Crippen LogP contribution >= 0.6 is 0 Å². The fourth-order valence-electron chi connectivity index (χ4n) is 0.460. The predicted octanol–water partition coefficient (Wildman–Crippen LogP) is 1.34. The van der Waals surface area contributed by atoms with Gasteiger partial charge in [-0.2, -0.15) is 6.07 Å². The van der Waals surface area contributed by atoms with E-state index in [9.17, 15) is 8.78 Å². The van der Waals surface area contributed by atoms with Crippen LogP contribution in [0.15, 0.2) is 12.1 Å². The molecule has 2 N–H and O–H groups in total. The van der Waals surface area contributed by atoms with Gasteiger partial charge in [-0.3, -0.25) is 0 Å². The van der Waals surface area contributed by atoms with Gasteiger partial charge in [0, 0.05) is 44.3 Å². The van der Waals surface area contributed by atoms with E-state index < -0.39 is 17.3 Å². The zero-order valence-corrected chi connectivity index (χ0v) is 7.90. The molecule has 0 spiro atoms. The van der Waals surface area contributed by atoms with Crippen molar-refractivity contribution < 1.29 is 41.5 Å². The van der Waals surface area contributed by atoms with Crippen LogP contribution in [0.5, 0.6) is 0 Å². The minimum Gasteiger partial charge on any atom is -0.445 e. The van der Waals surface area contributed by atoms with Crippen molar-refractivity contribution in [3.63, 3.8) is 0 Å². The second-order valence-electron chi connectivity index (χ2n) is 1.55. The first-order chi connectivity index (χ1) is 4.22. The standard InChI is InChI=1S/C6H4F2N.Y/c7-4-2-1-3-5(8)6(4)9;/h1-2H,9H2;/q-1;. The largest absolute Gasteiger partial charge is 0.445 e. The maximum Gasteiger partial charge on any atom is 0.0400 e. The van der Waals surface area contributed by atoms with Crippen molar-refractivity contribution in [2.75, 3.05) is 5.73 Å². The van der Waals surface area contributed by atoms with Crippen molar-refractivity contribution >= 4 is 5.69 Å². The Morgan fingerprint density at radius 3 is 2.40 bits per heavy atom. The summed E-state index contributed by atoms with van der Waals surface area (Å²) in [5, 5.41) is 0. The summed E-state index contributed by atoms with van der Waals surface area (Å²) in [5.41, 5.74) is 4.43. The van der Waals surface area contributed by atoms with Crippen LogP contribution in [0.4, 0.5) is 14.5 Å². The van der Waals surface area contributed by atoms with Crippen LogP contribution in [0.1, 0.15) is 0 Å². The summed E-state index contributed by atoms with van der Waals surface area (Å²) >= 11 is 0. The zero-order chi connectivity index (χ0) is 6.85. The van der Waals surface area contributed by atoms with E-state index in [0.717, 1.165) is 12.1 Å². The Bertz CT molecular complexity index is 207. The summed E-state index contributed by atoms with van der Waals surface area (Å²) in [7, 11) is 0. The Hall–Kier alpha value is -0.0161. The van der Waals surface area contributed by atoms with Crippen molar-refractivity contribution in [3.05, 3.63) is 29.8 Å². The van der Waals surface area contributed by atoms with Crippen molar-refractivity contribution in [3.8, 4) is 0 Å². The average Bonchev–Trinajstić information content (AvgIpc) is 1.83. The van der Waals surface area contributed by atoms with E-state index in [4.69, 9.17) is 5.73 Å². The normalized spacial score (nSPS) is 8.60. The second-order valence-corrected chi connectivity index (χ2v) is 1.55. The van der Waals surface area contributed by atoms with E-state index in [1.807, 2.05) is 0 Å². The third kappa shape index (κ3) is 1.99. The summed E-state index contributed by atoms with van der Waals surface area (Å²) in [6.07, 6.45) is 0. The molecular weight excluding hydrogens is 213 g/mol. The minimum atomic E-state index is -0.838. The fourth-order valence-corrected chi connectivity index (χ4v) is 0.460. The molecule has 1 aromatic carbocycles. The third-order valence-electron chi connectivity index (χ3n) is 0.933. The third-order valence-corrected chi connectivity index (χ3v) is 0.933. The van der Waals surface area contributed by atoms with Crippen molar-refractivity contribution in [1.29, 1.82) is 0 Å².